The number of nitrogens with zero attached hydrogens (tertiary/aromatic N) is 1. The van der Waals surface area contributed by atoms with Crippen molar-refractivity contribution in [1.82, 2.24) is 0 Å². The van der Waals surface area contributed by atoms with Gasteiger partial charge in [0.25, 0.3) is 0 Å². The van der Waals surface area contributed by atoms with Crippen LogP contribution in [0.15, 0.2) is 71.7 Å². The molecule has 0 aliphatic carbocycles. The molecule has 0 fully saturated rings. The molecular weight excluding hydrogens is 359 g/mol. The SMILES string of the molecule is Cc1ccccc1-c1ccc(C([OH2+])=NC(=N)c2ccc(C(=O)O)c(F)c2)cc1. The van der Waals surface area contributed by atoms with Crippen molar-refractivity contribution < 1.29 is 19.4 Å². The summed E-state index contributed by atoms with van der Waals surface area (Å²) in [5.41, 5.74) is 3.39. The molecule has 28 heavy (non-hydrogen) atoms. The standard InChI is InChI=1S/C22H17FN2O3/c1-13-4-2-3-5-17(13)14-6-8-15(9-7-14)21(26)25-20(24)16-10-11-18(22(27)28)19(23)12-16/h2-12H,1H3,(H,27,28)(H2,24,25,26)/p+1. The second-order valence-corrected chi connectivity index (χ2v) is 6.20. The van der Waals surface area contributed by atoms with Crippen LogP contribution in [0.25, 0.3) is 11.1 Å². The van der Waals surface area contributed by atoms with Crippen LogP contribution in [0.5, 0.6) is 0 Å². The number of aliphatic imine (C=N–C) groups is 1. The van der Waals surface area contributed by atoms with Crippen molar-refractivity contribution in [2.75, 3.05) is 0 Å². The van der Waals surface area contributed by atoms with Crippen LogP contribution >= 0.6 is 0 Å². The van der Waals surface area contributed by atoms with Crippen LogP contribution in [0.3, 0.4) is 0 Å². The number of halogens is 1. The van der Waals surface area contributed by atoms with E-state index in [1.54, 1.807) is 12.1 Å². The highest BCUT2D eigenvalue weighted by molar-refractivity contribution is 6.07. The van der Waals surface area contributed by atoms with Gasteiger partial charge in [0.2, 0.25) is 0 Å². The zero-order valence-corrected chi connectivity index (χ0v) is 15.0. The molecule has 4 N–H and O–H groups in total. The molecule has 0 spiro atoms. The zero-order valence-electron chi connectivity index (χ0n) is 15.0. The number of carboxylic acids is 1. The van der Waals surface area contributed by atoms with Crippen LogP contribution in [-0.2, 0) is 0 Å². The third-order valence-corrected chi connectivity index (χ3v) is 4.31. The first-order valence-electron chi connectivity index (χ1n) is 8.45. The van der Waals surface area contributed by atoms with Crippen LogP contribution in [0.1, 0.15) is 27.0 Å². The predicted octanol–water partition coefficient (Wildman–Crippen LogP) is 4.00. The minimum atomic E-state index is -1.38. The highest BCUT2D eigenvalue weighted by Crippen LogP contribution is 2.23. The van der Waals surface area contributed by atoms with E-state index in [-0.39, 0.29) is 17.3 Å². The number of rotatable bonds is 4. The molecule has 0 aliphatic rings. The Balaban J connectivity index is 1.83. The summed E-state index contributed by atoms with van der Waals surface area (Å²) < 4.78 is 13.8. The molecule has 3 rings (SSSR count). The normalized spacial score (nSPS) is 11.3. The Bertz CT molecular complexity index is 1090. The van der Waals surface area contributed by atoms with E-state index in [0.29, 0.717) is 5.56 Å². The number of amidine groups is 1. The lowest BCUT2D eigenvalue weighted by molar-refractivity contribution is 0.0692. The Morgan fingerprint density at radius 2 is 1.68 bits per heavy atom. The Hall–Kier alpha value is -3.80. The first-order chi connectivity index (χ1) is 13.4. The first kappa shape index (κ1) is 19.0. The Morgan fingerprint density at radius 3 is 2.29 bits per heavy atom. The lowest BCUT2D eigenvalue weighted by Gasteiger charge is -2.06. The second-order valence-electron chi connectivity index (χ2n) is 6.20. The summed E-state index contributed by atoms with van der Waals surface area (Å²) in [5.74, 6) is -2.78. The fourth-order valence-corrected chi connectivity index (χ4v) is 2.78. The molecule has 5 nitrogen and oxygen atoms in total. The molecule has 0 amide bonds. The van der Waals surface area contributed by atoms with Gasteiger partial charge in [0.1, 0.15) is 5.82 Å². The lowest BCUT2D eigenvalue weighted by atomic mass is 9.99. The van der Waals surface area contributed by atoms with E-state index in [9.17, 15) is 9.18 Å². The average molecular weight is 377 g/mol. The van der Waals surface area contributed by atoms with Crippen molar-refractivity contribution in [3.63, 3.8) is 0 Å². The summed E-state index contributed by atoms with van der Waals surface area (Å²) in [7, 11) is 0. The average Bonchev–Trinajstić information content (AvgIpc) is 2.68. The van der Waals surface area contributed by atoms with Gasteiger partial charge in [0.15, 0.2) is 5.84 Å². The summed E-state index contributed by atoms with van der Waals surface area (Å²) in [6.07, 6.45) is 0. The summed E-state index contributed by atoms with van der Waals surface area (Å²) in [6.45, 7) is 2.02. The summed E-state index contributed by atoms with van der Waals surface area (Å²) >= 11 is 0. The maximum absolute atomic E-state index is 13.8. The topological polar surface area (TPSA) is 96.4 Å². The number of carboxylic acid groups (broad SMARTS) is 1. The van der Waals surface area contributed by atoms with E-state index in [2.05, 4.69) is 4.99 Å². The highest BCUT2D eigenvalue weighted by atomic mass is 19.1. The van der Waals surface area contributed by atoms with Crippen molar-refractivity contribution >= 4 is 17.7 Å². The van der Waals surface area contributed by atoms with E-state index in [1.165, 1.54) is 6.07 Å². The van der Waals surface area contributed by atoms with Crippen molar-refractivity contribution in [3.8, 4) is 11.1 Å². The first-order valence-corrected chi connectivity index (χ1v) is 8.45. The van der Waals surface area contributed by atoms with Gasteiger partial charge >= 0.3 is 11.9 Å². The van der Waals surface area contributed by atoms with Crippen LogP contribution in [-0.4, -0.2) is 27.9 Å². The van der Waals surface area contributed by atoms with Crippen LogP contribution < -0.4 is 0 Å². The van der Waals surface area contributed by atoms with E-state index in [4.69, 9.17) is 15.6 Å². The number of hydrogen-bond donors (Lipinski definition) is 2. The van der Waals surface area contributed by atoms with Gasteiger partial charge in [-0.15, -0.1) is 4.99 Å². The molecule has 140 valence electrons. The number of carbonyl (C=O) groups is 1. The van der Waals surface area contributed by atoms with Crippen molar-refractivity contribution in [2.45, 2.75) is 6.92 Å². The molecule has 6 heteroatoms. The molecule has 0 unspecified atom stereocenters. The number of benzene rings is 3. The molecule has 0 radical (unpaired) electrons. The van der Waals surface area contributed by atoms with Crippen LogP contribution in [0, 0.1) is 18.2 Å². The van der Waals surface area contributed by atoms with Gasteiger partial charge in [-0.1, -0.05) is 42.5 Å². The smallest absolute Gasteiger partial charge is 0.366 e. The molecule has 3 aromatic rings. The third-order valence-electron chi connectivity index (χ3n) is 4.31. The highest BCUT2D eigenvalue weighted by Gasteiger charge is 2.14. The number of nitrogens with one attached hydrogen (secondary N) is 1. The lowest BCUT2D eigenvalue weighted by Crippen LogP contribution is -2.07. The molecule has 0 bridgehead atoms. The van der Waals surface area contributed by atoms with Gasteiger partial charge < -0.3 is 10.2 Å². The molecule has 3 aromatic carbocycles. The second kappa shape index (κ2) is 7.84. The van der Waals surface area contributed by atoms with Gasteiger partial charge in [-0.2, -0.15) is 0 Å². The molecule has 0 saturated carbocycles. The maximum atomic E-state index is 13.8. The molecule has 0 atom stereocenters. The Kier molecular flexibility index (Phi) is 5.31. The van der Waals surface area contributed by atoms with Crippen molar-refractivity contribution in [2.24, 2.45) is 4.99 Å². The maximum Gasteiger partial charge on any atom is 0.366 e. The van der Waals surface area contributed by atoms with Gasteiger partial charge in [-0.05, 0) is 47.9 Å². The van der Waals surface area contributed by atoms with Crippen molar-refractivity contribution in [3.05, 3.63) is 94.8 Å². The summed E-state index contributed by atoms with van der Waals surface area (Å²) in [4.78, 5) is 14.8. The van der Waals surface area contributed by atoms with Gasteiger partial charge in [0, 0.05) is 5.56 Å². The summed E-state index contributed by atoms with van der Waals surface area (Å²) in [5, 5.41) is 24.9. The van der Waals surface area contributed by atoms with Gasteiger partial charge in [-0.25, -0.2) is 9.18 Å². The third kappa shape index (κ3) is 3.96. The van der Waals surface area contributed by atoms with E-state index in [0.717, 1.165) is 28.8 Å². The molecule has 0 aromatic heterocycles. The molecule has 0 saturated heterocycles. The molecular formula is C22H18FN2O3+. The van der Waals surface area contributed by atoms with E-state index >= 15 is 0 Å². The largest absolute Gasteiger partial charge is 0.578 e. The predicted molar refractivity (Wildman–Crippen MR) is 107 cm³/mol. The number of hydrogen-bond acceptors (Lipinski definition) is 2. The van der Waals surface area contributed by atoms with Gasteiger partial charge in [-0.3, -0.25) is 5.41 Å². The van der Waals surface area contributed by atoms with Crippen LogP contribution in [0.2, 0.25) is 0 Å². The Morgan fingerprint density at radius 1 is 1.04 bits per heavy atom. The quantitative estimate of drug-likeness (QED) is 0.408. The molecule has 0 aliphatic heterocycles. The minimum Gasteiger partial charge on any atom is -0.578 e. The van der Waals surface area contributed by atoms with Crippen molar-refractivity contribution in [1.29, 1.82) is 5.41 Å². The number of aromatic carboxylic acids is 1. The monoisotopic (exact) mass is 377 g/mol. The minimum absolute atomic E-state index is 0.101. The fourth-order valence-electron chi connectivity index (χ4n) is 2.78. The summed E-state index contributed by atoms with van der Waals surface area (Å²) in [6, 6.07) is 18.5. The van der Waals surface area contributed by atoms with Crippen LogP contribution in [0.4, 0.5) is 4.39 Å². The number of aryl methyl sites for hydroxylation is 1. The van der Waals surface area contributed by atoms with Gasteiger partial charge in [0.05, 0.1) is 11.1 Å². The zero-order chi connectivity index (χ0) is 20.3. The van der Waals surface area contributed by atoms with E-state index in [1.807, 2.05) is 43.3 Å². The molecule has 0 heterocycles. The fraction of sp³-hybridized carbons (Fsp3) is 0.0455. The van der Waals surface area contributed by atoms with E-state index < -0.39 is 17.3 Å². The Labute approximate surface area is 161 Å².